The average molecular weight is 663 g/mol. The monoisotopic (exact) mass is 662 g/mol. The number of hydrogen-bond acceptors (Lipinski definition) is 1. The van der Waals surface area contributed by atoms with Gasteiger partial charge in [0.25, 0.3) is 0 Å². The summed E-state index contributed by atoms with van der Waals surface area (Å²) in [4.78, 5) is 0. The Kier molecular flexibility index (Phi) is 6.08. The van der Waals surface area contributed by atoms with Crippen molar-refractivity contribution in [3.05, 3.63) is 181 Å². The van der Waals surface area contributed by atoms with Crippen LogP contribution in [0.4, 0.5) is 0 Å². The van der Waals surface area contributed by atoms with Gasteiger partial charge in [-0.25, -0.2) is 0 Å². The van der Waals surface area contributed by atoms with Crippen LogP contribution in [-0.2, 0) is 5.41 Å². The first-order valence-electron chi connectivity index (χ1n) is 18.2. The van der Waals surface area contributed by atoms with E-state index in [9.17, 15) is 0 Å². The van der Waals surface area contributed by atoms with Crippen LogP contribution in [0.15, 0.2) is 174 Å². The number of furan rings is 1. The Balaban J connectivity index is 1.26. The highest BCUT2D eigenvalue weighted by Crippen LogP contribution is 2.52. The van der Waals surface area contributed by atoms with Crippen molar-refractivity contribution < 1.29 is 4.42 Å². The molecule has 1 aromatic heterocycles. The van der Waals surface area contributed by atoms with Crippen LogP contribution in [0, 0.1) is 0 Å². The minimum Gasteiger partial charge on any atom is -0.456 e. The molecule has 0 aliphatic heterocycles. The zero-order valence-electron chi connectivity index (χ0n) is 29.1. The molecule has 0 unspecified atom stereocenters. The molecular weight excluding hydrogens is 629 g/mol. The number of hydrogen-bond donors (Lipinski definition) is 0. The molecule has 0 spiro atoms. The molecule has 1 nitrogen and oxygen atoms in total. The van der Waals surface area contributed by atoms with Crippen LogP contribution in [0.1, 0.15) is 25.0 Å². The fourth-order valence-electron chi connectivity index (χ4n) is 9.19. The maximum atomic E-state index is 6.43. The molecule has 0 fully saturated rings. The van der Waals surface area contributed by atoms with E-state index in [1.165, 1.54) is 88.0 Å². The lowest BCUT2D eigenvalue weighted by Gasteiger charge is -2.22. The minimum absolute atomic E-state index is 0.0479. The fourth-order valence-corrected chi connectivity index (χ4v) is 9.19. The standard InChI is InChI=1S/C51H34O/c1-51(2)44-19-9-7-14-36(44)42-30-35(25-27-45(42)51)48-37-15-5-6-16-38(37)49(41-18-11-21-47-50(41)40-17-8-10-20-46(40)52-47)39-26-24-34(29-43(39)48)33-23-22-31-12-3-4-13-32(31)28-33/h3-30H,1-2H3. The average Bonchev–Trinajstić information content (AvgIpc) is 3.68. The van der Waals surface area contributed by atoms with Gasteiger partial charge in [-0.15, -0.1) is 0 Å². The van der Waals surface area contributed by atoms with Crippen molar-refractivity contribution in [3.63, 3.8) is 0 Å². The summed E-state index contributed by atoms with van der Waals surface area (Å²) >= 11 is 0. The van der Waals surface area contributed by atoms with E-state index in [0.29, 0.717) is 0 Å². The second kappa shape index (κ2) is 10.8. The number of benzene rings is 9. The maximum absolute atomic E-state index is 6.43. The predicted molar refractivity (Wildman–Crippen MR) is 220 cm³/mol. The highest BCUT2D eigenvalue weighted by atomic mass is 16.3. The Morgan fingerprint density at radius 3 is 1.87 bits per heavy atom. The highest BCUT2D eigenvalue weighted by molar-refractivity contribution is 6.26. The molecule has 9 aromatic carbocycles. The van der Waals surface area contributed by atoms with Crippen LogP contribution in [-0.4, -0.2) is 0 Å². The molecule has 0 saturated carbocycles. The van der Waals surface area contributed by atoms with Crippen molar-refractivity contribution in [2.24, 2.45) is 0 Å². The third kappa shape index (κ3) is 4.11. The van der Waals surface area contributed by atoms with Crippen LogP contribution < -0.4 is 0 Å². The SMILES string of the molecule is CC1(C)c2ccccc2-c2cc(-c3c4ccccc4c(-c4cccc5oc6ccccc6c45)c4ccc(-c5ccc6ccccc6c5)cc34)ccc21. The predicted octanol–water partition coefficient (Wildman–Crippen LogP) is 14.4. The highest BCUT2D eigenvalue weighted by Gasteiger charge is 2.35. The lowest BCUT2D eigenvalue weighted by atomic mass is 9.81. The van der Waals surface area contributed by atoms with Gasteiger partial charge in [0.1, 0.15) is 11.2 Å². The van der Waals surface area contributed by atoms with Crippen LogP contribution in [0.2, 0.25) is 0 Å². The Bertz CT molecular complexity index is 3100. The van der Waals surface area contributed by atoms with Crippen molar-refractivity contribution in [1.82, 2.24) is 0 Å². The third-order valence-electron chi connectivity index (χ3n) is 11.7. The second-order valence-corrected chi connectivity index (χ2v) is 14.8. The normalized spacial score (nSPS) is 13.3. The van der Waals surface area contributed by atoms with Crippen molar-refractivity contribution in [2.45, 2.75) is 19.3 Å². The summed E-state index contributed by atoms with van der Waals surface area (Å²) in [5.74, 6) is 0. The molecule has 244 valence electrons. The van der Waals surface area contributed by atoms with Gasteiger partial charge >= 0.3 is 0 Å². The van der Waals surface area contributed by atoms with Gasteiger partial charge in [0.15, 0.2) is 0 Å². The van der Waals surface area contributed by atoms with Crippen LogP contribution >= 0.6 is 0 Å². The second-order valence-electron chi connectivity index (χ2n) is 14.8. The Hall–Kier alpha value is -6.44. The van der Waals surface area contributed by atoms with Gasteiger partial charge in [-0.1, -0.05) is 153 Å². The summed E-state index contributed by atoms with van der Waals surface area (Å²) < 4.78 is 6.43. The number of rotatable bonds is 3. The van der Waals surface area contributed by atoms with Gasteiger partial charge in [-0.2, -0.15) is 0 Å². The first-order chi connectivity index (χ1) is 25.5. The maximum Gasteiger partial charge on any atom is 0.136 e. The summed E-state index contributed by atoms with van der Waals surface area (Å²) in [6.45, 7) is 4.71. The Morgan fingerprint density at radius 1 is 0.365 bits per heavy atom. The van der Waals surface area contributed by atoms with Gasteiger partial charge in [0.05, 0.1) is 0 Å². The molecule has 0 N–H and O–H groups in total. The van der Waals surface area contributed by atoms with Gasteiger partial charge in [0.2, 0.25) is 0 Å². The van der Waals surface area contributed by atoms with Crippen LogP contribution in [0.3, 0.4) is 0 Å². The van der Waals surface area contributed by atoms with Gasteiger partial charge in [-0.3, -0.25) is 0 Å². The van der Waals surface area contributed by atoms with Crippen molar-refractivity contribution in [2.75, 3.05) is 0 Å². The molecule has 0 atom stereocenters. The lowest BCUT2D eigenvalue weighted by Crippen LogP contribution is -2.14. The molecule has 10 aromatic rings. The molecule has 0 amide bonds. The molecule has 0 bridgehead atoms. The van der Waals surface area contributed by atoms with Crippen molar-refractivity contribution in [3.8, 4) is 44.5 Å². The van der Waals surface area contributed by atoms with Crippen LogP contribution in [0.25, 0.3) is 98.8 Å². The quantitative estimate of drug-likeness (QED) is 0.172. The molecule has 0 saturated heterocycles. The molecule has 1 aliphatic carbocycles. The van der Waals surface area contributed by atoms with Gasteiger partial charge in [0, 0.05) is 16.2 Å². The summed E-state index contributed by atoms with van der Waals surface area (Å²) in [7, 11) is 0. The lowest BCUT2D eigenvalue weighted by molar-refractivity contribution is 0.660. The van der Waals surface area contributed by atoms with E-state index in [4.69, 9.17) is 4.42 Å². The van der Waals surface area contributed by atoms with E-state index >= 15 is 0 Å². The van der Waals surface area contributed by atoms with E-state index in [-0.39, 0.29) is 5.41 Å². The molecule has 11 rings (SSSR count). The molecule has 52 heavy (non-hydrogen) atoms. The van der Waals surface area contributed by atoms with E-state index < -0.39 is 0 Å². The molecule has 1 aliphatic rings. The Labute approximate surface area is 302 Å². The van der Waals surface area contributed by atoms with Crippen molar-refractivity contribution >= 4 is 54.3 Å². The summed E-state index contributed by atoms with van der Waals surface area (Å²) in [5, 5.41) is 9.76. The zero-order chi connectivity index (χ0) is 34.6. The first kappa shape index (κ1) is 29.3. The molecular formula is C51H34O. The summed E-state index contributed by atoms with van der Waals surface area (Å²) in [6.07, 6.45) is 0. The summed E-state index contributed by atoms with van der Waals surface area (Å²) in [6, 6.07) is 62.6. The topological polar surface area (TPSA) is 13.1 Å². The molecule has 1 heteroatoms. The number of fused-ring (bicyclic) bond motifs is 9. The molecule has 1 heterocycles. The third-order valence-corrected chi connectivity index (χ3v) is 11.7. The van der Waals surface area contributed by atoms with Gasteiger partial charge < -0.3 is 4.42 Å². The fraction of sp³-hybridized carbons (Fsp3) is 0.0588. The van der Waals surface area contributed by atoms with E-state index in [1.54, 1.807) is 0 Å². The van der Waals surface area contributed by atoms with E-state index in [1.807, 2.05) is 0 Å². The zero-order valence-corrected chi connectivity index (χ0v) is 29.1. The summed E-state index contributed by atoms with van der Waals surface area (Å²) in [5.41, 5.74) is 14.6. The largest absolute Gasteiger partial charge is 0.456 e. The van der Waals surface area contributed by atoms with E-state index in [0.717, 1.165) is 21.9 Å². The smallest absolute Gasteiger partial charge is 0.136 e. The first-order valence-corrected chi connectivity index (χ1v) is 18.2. The number of para-hydroxylation sites is 1. The van der Waals surface area contributed by atoms with Crippen LogP contribution in [0.5, 0.6) is 0 Å². The minimum atomic E-state index is -0.0479. The molecule has 0 radical (unpaired) electrons. The van der Waals surface area contributed by atoms with Gasteiger partial charge in [-0.05, 0) is 118 Å². The van der Waals surface area contributed by atoms with E-state index in [2.05, 4.69) is 184 Å². The Morgan fingerprint density at radius 2 is 0.981 bits per heavy atom. The van der Waals surface area contributed by atoms with Crippen molar-refractivity contribution in [1.29, 1.82) is 0 Å².